The third kappa shape index (κ3) is 1.95. The van der Waals surface area contributed by atoms with Gasteiger partial charge in [-0.2, -0.15) is 0 Å². The minimum atomic E-state index is -1.36. The van der Waals surface area contributed by atoms with Gasteiger partial charge in [0.2, 0.25) is 0 Å². The number of urea groups is 1. The largest absolute Gasteiger partial charge is 0.334 e. The van der Waals surface area contributed by atoms with Gasteiger partial charge in [0, 0.05) is 6.54 Å². The Labute approximate surface area is 97.2 Å². The number of nitrogens with one attached hydrogen (secondary N) is 1. The zero-order valence-corrected chi connectivity index (χ0v) is 9.92. The topological polar surface area (TPSA) is 49.4 Å². The first kappa shape index (κ1) is 11.1. The summed E-state index contributed by atoms with van der Waals surface area (Å²) in [4.78, 5) is 12.4. The van der Waals surface area contributed by atoms with Crippen molar-refractivity contribution in [3.05, 3.63) is 24.3 Å². The van der Waals surface area contributed by atoms with Crippen LogP contribution in [0.2, 0.25) is 0 Å². The van der Waals surface area contributed by atoms with Crippen LogP contribution in [0.25, 0.3) is 0 Å². The Bertz CT molecular complexity index is 434. The summed E-state index contributed by atoms with van der Waals surface area (Å²) in [5.41, 5.74) is 0.651. The Hall–Kier alpha value is -1.36. The Kier molecular flexibility index (Phi) is 3.24. The van der Waals surface area contributed by atoms with Gasteiger partial charge >= 0.3 is 6.03 Å². The van der Waals surface area contributed by atoms with Crippen LogP contribution in [0.4, 0.5) is 10.5 Å². The van der Waals surface area contributed by atoms with E-state index in [0.29, 0.717) is 17.1 Å². The average molecular weight is 238 g/mol. The van der Waals surface area contributed by atoms with Crippen molar-refractivity contribution < 1.29 is 9.00 Å². The molecule has 2 rings (SSSR count). The van der Waals surface area contributed by atoms with Gasteiger partial charge in [0.05, 0.1) is 10.6 Å². The average Bonchev–Trinajstić information content (AvgIpc) is 2.29. The van der Waals surface area contributed by atoms with Crippen molar-refractivity contribution in [1.82, 2.24) is 4.31 Å². The molecule has 1 heterocycles. The van der Waals surface area contributed by atoms with E-state index in [1.807, 2.05) is 19.1 Å². The molecule has 0 unspecified atom stereocenters. The molecule has 2 amide bonds. The molecule has 1 N–H and O–H groups in total. The molecular weight excluding hydrogens is 224 g/mol. The maximum Gasteiger partial charge on any atom is 0.334 e. The summed E-state index contributed by atoms with van der Waals surface area (Å²) in [6, 6.07) is 6.92. The van der Waals surface area contributed by atoms with Gasteiger partial charge in [0.25, 0.3) is 0 Å². The highest BCUT2D eigenvalue weighted by Crippen LogP contribution is 2.26. The van der Waals surface area contributed by atoms with E-state index >= 15 is 0 Å². The molecule has 0 aliphatic carbocycles. The summed E-state index contributed by atoms with van der Waals surface area (Å²) in [6.45, 7) is 2.57. The number of anilines is 1. The molecule has 16 heavy (non-hydrogen) atoms. The number of benzene rings is 1. The van der Waals surface area contributed by atoms with Crippen molar-refractivity contribution in [2.45, 2.75) is 24.7 Å². The smallest absolute Gasteiger partial charge is 0.306 e. The second-order valence-electron chi connectivity index (χ2n) is 3.63. The fourth-order valence-electron chi connectivity index (χ4n) is 1.58. The van der Waals surface area contributed by atoms with Gasteiger partial charge < -0.3 is 5.32 Å². The maximum atomic E-state index is 12.1. The number of hydrogen-bond donors (Lipinski definition) is 1. The van der Waals surface area contributed by atoms with Gasteiger partial charge in [-0.1, -0.05) is 25.5 Å². The molecule has 1 aliphatic heterocycles. The van der Waals surface area contributed by atoms with Crippen molar-refractivity contribution in [3.8, 4) is 0 Å². The van der Waals surface area contributed by atoms with Crippen LogP contribution in [0, 0.1) is 0 Å². The zero-order valence-electron chi connectivity index (χ0n) is 9.10. The SMILES string of the molecule is CCCCN1C(=O)Nc2ccccc2[S@]1=O. The highest BCUT2D eigenvalue weighted by atomic mass is 32.2. The third-order valence-corrected chi connectivity index (χ3v) is 3.94. The zero-order chi connectivity index (χ0) is 11.5. The predicted octanol–water partition coefficient (Wildman–Crippen LogP) is 2.36. The van der Waals surface area contributed by atoms with Crippen LogP contribution >= 0.6 is 0 Å². The van der Waals surface area contributed by atoms with Crippen LogP contribution < -0.4 is 5.32 Å². The lowest BCUT2D eigenvalue weighted by Gasteiger charge is -2.27. The van der Waals surface area contributed by atoms with E-state index in [1.54, 1.807) is 12.1 Å². The van der Waals surface area contributed by atoms with Crippen molar-refractivity contribution in [2.75, 3.05) is 11.9 Å². The number of rotatable bonds is 3. The highest BCUT2D eigenvalue weighted by molar-refractivity contribution is 7.83. The van der Waals surface area contributed by atoms with Gasteiger partial charge in [-0.05, 0) is 18.6 Å². The fourth-order valence-corrected chi connectivity index (χ4v) is 2.81. The lowest BCUT2D eigenvalue weighted by Crippen LogP contribution is -2.41. The van der Waals surface area contributed by atoms with E-state index in [1.165, 1.54) is 4.31 Å². The molecule has 0 bridgehead atoms. The molecule has 0 saturated carbocycles. The number of carbonyl (C=O) groups excluding carboxylic acids is 1. The van der Waals surface area contributed by atoms with Crippen molar-refractivity contribution in [1.29, 1.82) is 0 Å². The summed E-state index contributed by atoms with van der Waals surface area (Å²) < 4.78 is 13.5. The lowest BCUT2D eigenvalue weighted by atomic mass is 10.3. The molecule has 0 aromatic heterocycles. The molecule has 1 aromatic carbocycles. The second-order valence-corrected chi connectivity index (χ2v) is 5.01. The molecule has 1 atom stereocenters. The normalized spacial score (nSPS) is 19.2. The van der Waals surface area contributed by atoms with Gasteiger partial charge in [0.1, 0.15) is 0 Å². The van der Waals surface area contributed by atoms with Gasteiger partial charge in [-0.3, -0.25) is 0 Å². The van der Waals surface area contributed by atoms with Gasteiger partial charge in [-0.25, -0.2) is 13.3 Å². The second kappa shape index (κ2) is 4.65. The summed E-state index contributed by atoms with van der Waals surface area (Å²) in [5.74, 6) is 0. The molecule has 0 radical (unpaired) electrons. The Morgan fingerprint density at radius 2 is 2.12 bits per heavy atom. The first-order valence-corrected chi connectivity index (χ1v) is 6.44. The molecule has 5 heteroatoms. The van der Waals surface area contributed by atoms with E-state index in [2.05, 4.69) is 5.32 Å². The van der Waals surface area contributed by atoms with E-state index in [4.69, 9.17) is 0 Å². The first-order valence-electron chi connectivity index (χ1n) is 5.33. The van der Waals surface area contributed by atoms with E-state index < -0.39 is 11.0 Å². The molecule has 0 fully saturated rings. The quantitative estimate of drug-likeness (QED) is 0.878. The van der Waals surface area contributed by atoms with Crippen LogP contribution in [0.3, 0.4) is 0 Å². The number of nitrogens with zero attached hydrogens (tertiary/aromatic N) is 1. The van der Waals surface area contributed by atoms with Crippen LogP contribution in [0.15, 0.2) is 29.2 Å². The van der Waals surface area contributed by atoms with Gasteiger partial charge in [0.15, 0.2) is 11.0 Å². The summed E-state index contributed by atoms with van der Waals surface area (Å²) in [7, 11) is -1.36. The molecule has 1 aromatic rings. The Balaban J connectivity index is 2.27. The van der Waals surface area contributed by atoms with Crippen molar-refractivity contribution >= 4 is 22.7 Å². The van der Waals surface area contributed by atoms with Crippen molar-refractivity contribution in [2.24, 2.45) is 0 Å². The third-order valence-electron chi connectivity index (χ3n) is 2.46. The molecule has 4 nitrogen and oxygen atoms in total. The first-order chi connectivity index (χ1) is 7.74. The van der Waals surface area contributed by atoms with Crippen LogP contribution in [0.5, 0.6) is 0 Å². The highest BCUT2D eigenvalue weighted by Gasteiger charge is 2.28. The van der Waals surface area contributed by atoms with Crippen LogP contribution in [0.1, 0.15) is 19.8 Å². The minimum Gasteiger partial charge on any atom is -0.306 e. The molecular formula is C11H14N2O2S. The number of fused-ring (bicyclic) bond motifs is 1. The monoisotopic (exact) mass is 238 g/mol. The lowest BCUT2D eigenvalue weighted by molar-refractivity contribution is 0.236. The number of carbonyl (C=O) groups is 1. The summed E-state index contributed by atoms with van der Waals surface area (Å²) >= 11 is 0. The van der Waals surface area contributed by atoms with Crippen LogP contribution in [-0.2, 0) is 11.0 Å². The van der Waals surface area contributed by atoms with Gasteiger partial charge in [-0.15, -0.1) is 0 Å². The minimum absolute atomic E-state index is 0.273. The molecule has 0 spiro atoms. The van der Waals surface area contributed by atoms with E-state index in [9.17, 15) is 9.00 Å². The number of para-hydroxylation sites is 1. The Morgan fingerprint density at radius 3 is 2.88 bits per heavy atom. The number of amides is 2. The standard InChI is InChI=1S/C11H14N2O2S/c1-2-3-8-13-11(14)12-9-6-4-5-7-10(9)16(13)15/h4-7H,2-3,8H2,1H3,(H,12,14)/t16-/m1/s1. The fraction of sp³-hybridized carbons (Fsp3) is 0.364. The molecule has 0 saturated heterocycles. The number of unbranched alkanes of at least 4 members (excludes halogenated alkanes) is 1. The van der Waals surface area contributed by atoms with E-state index in [-0.39, 0.29) is 6.03 Å². The molecule has 86 valence electrons. The van der Waals surface area contributed by atoms with E-state index in [0.717, 1.165) is 12.8 Å². The van der Waals surface area contributed by atoms with Crippen LogP contribution in [-0.4, -0.2) is 21.1 Å². The molecule has 1 aliphatic rings. The summed E-state index contributed by atoms with van der Waals surface area (Å²) in [5, 5.41) is 2.74. The number of hydrogen-bond acceptors (Lipinski definition) is 2. The maximum absolute atomic E-state index is 12.1. The Morgan fingerprint density at radius 1 is 1.38 bits per heavy atom. The predicted molar refractivity (Wildman–Crippen MR) is 63.5 cm³/mol. The summed E-state index contributed by atoms with van der Waals surface area (Å²) in [6.07, 6.45) is 1.84. The van der Waals surface area contributed by atoms with Crippen molar-refractivity contribution in [3.63, 3.8) is 0 Å².